The van der Waals surface area contributed by atoms with Crippen LogP contribution in [0.15, 0.2) is 6.07 Å². The van der Waals surface area contributed by atoms with Crippen LogP contribution in [-0.2, 0) is 10.4 Å². The van der Waals surface area contributed by atoms with Gasteiger partial charge in [0.2, 0.25) is 5.82 Å². The minimum atomic E-state index is -4.72. The Labute approximate surface area is 105 Å². The highest BCUT2D eigenvalue weighted by Crippen LogP contribution is 2.13. The molecule has 1 aromatic heterocycles. The maximum atomic E-state index is 10.6. The second kappa shape index (κ2) is 5.23. The van der Waals surface area contributed by atoms with E-state index in [4.69, 9.17) is 16.0 Å². The molecule has 0 spiro atoms. The first-order valence-corrected chi connectivity index (χ1v) is 6.55. The summed E-state index contributed by atoms with van der Waals surface area (Å²) in [5.41, 5.74) is 11.1. The van der Waals surface area contributed by atoms with Gasteiger partial charge in [-0.25, -0.2) is 4.28 Å². The van der Waals surface area contributed by atoms with Crippen LogP contribution < -0.4 is 25.4 Å². The van der Waals surface area contributed by atoms with E-state index in [2.05, 4.69) is 9.27 Å². The molecule has 0 aliphatic carbocycles. The minimum absolute atomic E-state index is 0.0953. The quantitative estimate of drug-likeness (QED) is 0.442. The Morgan fingerprint density at radius 2 is 2.00 bits per heavy atom. The fourth-order valence-electron chi connectivity index (χ4n) is 1.40. The van der Waals surface area contributed by atoms with E-state index >= 15 is 0 Å². The first-order valence-electron chi connectivity index (χ1n) is 5.18. The molecule has 18 heavy (non-hydrogen) atoms. The van der Waals surface area contributed by atoms with Crippen molar-refractivity contribution in [3.8, 4) is 0 Å². The molecule has 0 aliphatic rings. The van der Waals surface area contributed by atoms with Crippen molar-refractivity contribution in [2.45, 2.75) is 13.8 Å². The number of nitrogens with zero attached hydrogens (tertiary/aromatic N) is 3. The molecule has 0 fully saturated rings. The normalized spacial score (nSPS) is 11.3. The molecule has 0 saturated heterocycles. The lowest BCUT2D eigenvalue weighted by atomic mass is 10.4. The second-order valence-corrected chi connectivity index (χ2v) is 4.37. The summed E-state index contributed by atoms with van der Waals surface area (Å²) in [4.78, 5) is 5.81. The number of rotatable bonds is 5. The molecule has 0 amide bonds. The molecule has 0 atom stereocenters. The number of hydrogen-bond donors (Lipinski definition) is 3. The maximum Gasteiger partial charge on any atom is 0.474 e. The van der Waals surface area contributed by atoms with Gasteiger partial charge in [0, 0.05) is 13.1 Å². The van der Waals surface area contributed by atoms with Crippen molar-refractivity contribution in [2.24, 2.45) is 0 Å². The SMILES string of the molecule is CCN(CC)c1cc(N)[n+](OS(=O)(=O)O)c(N)n1. The Morgan fingerprint density at radius 1 is 1.44 bits per heavy atom. The van der Waals surface area contributed by atoms with E-state index < -0.39 is 10.4 Å². The number of anilines is 3. The van der Waals surface area contributed by atoms with Gasteiger partial charge in [-0.1, -0.05) is 4.98 Å². The predicted molar refractivity (Wildman–Crippen MR) is 64.9 cm³/mol. The number of nitrogen functional groups attached to an aromatic ring is 2. The Balaban J connectivity index is 3.20. The predicted octanol–water partition coefficient (Wildman–Crippen LogP) is -1.39. The zero-order valence-electron chi connectivity index (χ0n) is 10.1. The van der Waals surface area contributed by atoms with Crippen molar-refractivity contribution >= 4 is 28.0 Å². The van der Waals surface area contributed by atoms with E-state index in [0.717, 1.165) is 0 Å². The molecule has 10 heteroatoms. The molecule has 0 aliphatic heterocycles. The summed E-state index contributed by atoms with van der Waals surface area (Å²) < 4.78 is 34.5. The molecular formula is C8H16N5O4S+. The zero-order chi connectivity index (χ0) is 13.9. The van der Waals surface area contributed by atoms with Crippen LogP contribution in [-0.4, -0.2) is 31.0 Å². The van der Waals surface area contributed by atoms with Gasteiger partial charge in [0.25, 0.3) is 0 Å². The van der Waals surface area contributed by atoms with Gasteiger partial charge < -0.3 is 16.4 Å². The van der Waals surface area contributed by atoms with Crippen LogP contribution in [0, 0.1) is 0 Å². The third kappa shape index (κ3) is 3.34. The van der Waals surface area contributed by atoms with Crippen molar-refractivity contribution in [1.29, 1.82) is 0 Å². The second-order valence-electron chi connectivity index (χ2n) is 3.37. The maximum absolute atomic E-state index is 10.6. The Morgan fingerprint density at radius 3 is 2.39 bits per heavy atom. The smallest absolute Gasteiger partial charge is 0.347 e. The molecule has 1 aromatic rings. The van der Waals surface area contributed by atoms with Gasteiger partial charge in [-0.3, -0.25) is 4.55 Å². The van der Waals surface area contributed by atoms with Gasteiger partial charge >= 0.3 is 16.3 Å². The molecule has 0 bridgehead atoms. The summed E-state index contributed by atoms with van der Waals surface area (Å²) in [7, 11) is -4.72. The minimum Gasteiger partial charge on any atom is -0.347 e. The van der Waals surface area contributed by atoms with Crippen molar-refractivity contribution in [2.75, 3.05) is 29.5 Å². The highest BCUT2D eigenvalue weighted by atomic mass is 32.3. The first-order chi connectivity index (χ1) is 8.28. The van der Waals surface area contributed by atoms with Gasteiger partial charge in [0.05, 0.1) is 6.07 Å². The van der Waals surface area contributed by atoms with Crippen LogP contribution in [0.1, 0.15) is 13.8 Å². The molecular weight excluding hydrogens is 262 g/mol. The third-order valence-corrected chi connectivity index (χ3v) is 2.54. The summed E-state index contributed by atoms with van der Waals surface area (Å²) in [6.07, 6.45) is 0. The lowest BCUT2D eigenvalue weighted by Crippen LogP contribution is -2.50. The third-order valence-electron chi connectivity index (χ3n) is 2.20. The molecule has 1 heterocycles. The lowest BCUT2D eigenvalue weighted by molar-refractivity contribution is -0.835. The van der Waals surface area contributed by atoms with E-state index in [1.165, 1.54) is 6.07 Å². The molecule has 9 nitrogen and oxygen atoms in total. The van der Waals surface area contributed by atoms with E-state index in [1.807, 2.05) is 18.7 Å². The Hall–Kier alpha value is -1.81. The standard InChI is InChI=1S/C8H15N5O4S/c1-3-12(4-2)7-5-6(9)13(8(10)11-7)17-18(14,15)16/h5H,3-4H2,1-2H3,(H4,9,10,11,14,15,16)/p+1. The highest BCUT2D eigenvalue weighted by Gasteiger charge is 2.21. The summed E-state index contributed by atoms with van der Waals surface area (Å²) in [5.74, 6) is 0.113. The Bertz CT molecular complexity index is 505. The van der Waals surface area contributed by atoms with E-state index in [0.29, 0.717) is 23.6 Å². The van der Waals surface area contributed by atoms with Crippen molar-refractivity contribution in [1.82, 2.24) is 4.98 Å². The van der Waals surface area contributed by atoms with Crippen LogP contribution in [0.4, 0.5) is 17.6 Å². The van der Waals surface area contributed by atoms with Gasteiger partial charge in [-0.2, -0.15) is 8.42 Å². The van der Waals surface area contributed by atoms with E-state index in [9.17, 15) is 8.42 Å². The fourth-order valence-corrected chi connectivity index (χ4v) is 1.75. The summed E-state index contributed by atoms with van der Waals surface area (Å²) in [5, 5.41) is 0. The molecule has 1 rings (SSSR count). The van der Waals surface area contributed by atoms with Crippen molar-refractivity contribution in [3.05, 3.63) is 6.07 Å². The molecule has 0 saturated carbocycles. The average Bonchev–Trinajstić information content (AvgIpc) is 2.24. The summed E-state index contributed by atoms with van der Waals surface area (Å²) in [6, 6.07) is 1.40. The van der Waals surface area contributed by atoms with Crippen molar-refractivity contribution < 1.29 is 22.0 Å². The largest absolute Gasteiger partial charge is 0.474 e. The molecule has 0 radical (unpaired) electrons. The summed E-state index contributed by atoms with van der Waals surface area (Å²) in [6.45, 7) is 5.22. The number of nitrogens with two attached hydrogens (primary N) is 2. The van der Waals surface area contributed by atoms with Crippen LogP contribution in [0.5, 0.6) is 0 Å². The van der Waals surface area contributed by atoms with Crippen LogP contribution in [0.3, 0.4) is 0 Å². The van der Waals surface area contributed by atoms with Gasteiger partial charge in [-0.15, -0.1) is 0 Å². The molecule has 102 valence electrons. The zero-order valence-corrected chi connectivity index (χ0v) is 10.9. The Kier molecular flexibility index (Phi) is 4.14. The fraction of sp³-hybridized carbons (Fsp3) is 0.500. The van der Waals surface area contributed by atoms with Gasteiger partial charge in [-0.05, 0) is 18.6 Å². The lowest BCUT2D eigenvalue weighted by Gasteiger charge is -2.18. The first kappa shape index (κ1) is 14.3. The molecule has 0 aromatic carbocycles. The van der Waals surface area contributed by atoms with Gasteiger partial charge in [0.1, 0.15) is 0 Å². The van der Waals surface area contributed by atoms with Crippen molar-refractivity contribution in [3.63, 3.8) is 0 Å². The number of aromatic nitrogens is 2. The van der Waals surface area contributed by atoms with E-state index in [1.54, 1.807) is 0 Å². The average molecular weight is 278 g/mol. The van der Waals surface area contributed by atoms with Crippen LogP contribution >= 0.6 is 0 Å². The molecule has 0 unspecified atom stereocenters. The van der Waals surface area contributed by atoms with Crippen LogP contribution in [0.2, 0.25) is 0 Å². The van der Waals surface area contributed by atoms with Crippen LogP contribution in [0.25, 0.3) is 0 Å². The molecule has 5 N–H and O–H groups in total. The number of hydrogen-bond acceptors (Lipinski definition) is 7. The van der Waals surface area contributed by atoms with Gasteiger partial charge in [0.15, 0.2) is 5.82 Å². The monoisotopic (exact) mass is 278 g/mol. The highest BCUT2D eigenvalue weighted by molar-refractivity contribution is 7.80. The topological polar surface area (TPSA) is 136 Å². The van der Waals surface area contributed by atoms with E-state index in [-0.39, 0.29) is 11.8 Å². The summed E-state index contributed by atoms with van der Waals surface area (Å²) >= 11 is 0.